The Kier molecular flexibility index (Phi) is 5.11. The largest absolute Gasteiger partial charge is 0.466 e. The monoisotopic (exact) mass is 350 g/mol. The topological polar surface area (TPSA) is 68.3 Å². The second-order valence-electron chi connectivity index (χ2n) is 6.29. The Bertz CT molecular complexity index is 989. The van der Waals surface area contributed by atoms with Crippen LogP contribution in [-0.4, -0.2) is 22.0 Å². The first-order valence-electron chi connectivity index (χ1n) is 8.60. The summed E-state index contributed by atoms with van der Waals surface area (Å²) < 4.78 is 6.92. The molecule has 0 aliphatic heterocycles. The molecule has 1 aromatic carbocycles. The number of aromatic nitrogens is 2. The van der Waals surface area contributed by atoms with E-state index in [1.807, 2.05) is 61.7 Å². The summed E-state index contributed by atoms with van der Waals surface area (Å²) in [5.41, 5.74) is 5.31. The number of esters is 1. The Hall–Kier alpha value is -3.02. The molecule has 0 aliphatic rings. The third-order valence-electron chi connectivity index (χ3n) is 4.04. The van der Waals surface area contributed by atoms with Gasteiger partial charge in [-0.2, -0.15) is 0 Å². The van der Waals surface area contributed by atoms with Gasteiger partial charge in [-0.05, 0) is 56.5 Å². The van der Waals surface area contributed by atoms with Crippen LogP contribution in [0.2, 0.25) is 0 Å². The molecule has 0 N–H and O–H groups in total. The molecule has 2 aromatic heterocycles. The fourth-order valence-electron chi connectivity index (χ4n) is 2.69. The zero-order chi connectivity index (χ0) is 18.7. The normalized spacial score (nSPS) is 11.4. The number of rotatable bonds is 5. The van der Waals surface area contributed by atoms with E-state index >= 15 is 0 Å². The van der Waals surface area contributed by atoms with Crippen molar-refractivity contribution < 1.29 is 9.53 Å². The minimum atomic E-state index is -0.323. The molecule has 0 radical (unpaired) electrons. The van der Waals surface area contributed by atoms with Gasteiger partial charge in [0.05, 0.1) is 24.4 Å². The van der Waals surface area contributed by atoms with Crippen molar-refractivity contribution in [3.63, 3.8) is 0 Å². The fourth-order valence-corrected chi connectivity index (χ4v) is 2.69. The summed E-state index contributed by atoms with van der Waals surface area (Å²) in [5, 5.41) is 8.85. The van der Waals surface area contributed by atoms with E-state index < -0.39 is 0 Å². The molecule has 26 heavy (non-hydrogen) atoms. The Morgan fingerprint density at radius 2 is 1.88 bits per heavy atom. The minimum absolute atomic E-state index is 0.0652. The minimum Gasteiger partial charge on any atom is -0.466 e. The lowest BCUT2D eigenvalue weighted by atomic mass is 10.1. The summed E-state index contributed by atoms with van der Waals surface area (Å²) in [4.78, 5) is 16.5. The van der Waals surface area contributed by atoms with Gasteiger partial charge in [-0.25, -0.2) is 4.98 Å². The molecule has 0 fully saturated rings. The summed E-state index contributed by atoms with van der Waals surface area (Å²) in [7, 11) is 0. The molecule has 0 atom stereocenters. The summed E-state index contributed by atoms with van der Waals surface area (Å²) in [6.07, 6.45) is 2.00. The average Bonchev–Trinajstić information content (AvgIpc) is 2.92. The number of nitrogens with zero attached hydrogens (tertiary/aromatic N) is 4. The Labute approximate surface area is 152 Å². The zero-order valence-corrected chi connectivity index (χ0v) is 15.5. The highest BCUT2D eigenvalue weighted by Gasteiger charge is 2.16. The Balaban J connectivity index is 2.06. The Morgan fingerprint density at radius 3 is 2.65 bits per heavy atom. The molecule has 0 unspecified atom stereocenters. The summed E-state index contributed by atoms with van der Waals surface area (Å²) in [5.74, 6) is 0.230. The van der Waals surface area contributed by atoms with Crippen molar-refractivity contribution in [2.24, 2.45) is 10.2 Å². The fraction of sp³-hybridized carbons (Fsp3) is 0.300. The Morgan fingerprint density at radius 1 is 1.12 bits per heavy atom. The van der Waals surface area contributed by atoms with Crippen LogP contribution in [-0.2, 0) is 16.0 Å². The van der Waals surface area contributed by atoms with Crippen molar-refractivity contribution in [1.29, 1.82) is 0 Å². The van der Waals surface area contributed by atoms with Crippen molar-refractivity contribution in [3.8, 4) is 0 Å². The molecule has 0 bridgehead atoms. The second kappa shape index (κ2) is 7.47. The zero-order valence-electron chi connectivity index (χ0n) is 15.5. The number of aryl methyl sites for hydroxylation is 3. The molecule has 3 rings (SSSR count). The van der Waals surface area contributed by atoms with E-state index in [1.54, 1.807) is 6.92 Å². The van der Waals surface area contributed by atoms with Crippen LogP contribution in [0.25, 0.3) is 5.65 Å². The number of benzene rings is 1. The lowest BCUT2D eigenvalue weighted by Crippen LogP contribution is -2.07. The van der Waals surface area contributed by atoms with Gasteiger partial charge in [-0.1, -0.05) is 18.2 Å². The van der Waals surface area contributed by atoms with Crippen LogP contribution in [0.15, 0.2) is 46.8 Å². The van der Waals surface area contributed by atoms with Crippen molar-refractivity contribution in [2.45, 2.75) is 34.1 Å². The van der Waals surface area contributed by atoms with Crippen LogP contribution in [0.4, 0.5) is 11.5 Å². The molecule has 6 heteroatoms. The molecule has 0 amide bonds. The molecule has 0 spiro atoms. The maximum atomic E-state index is 11.9. The van der Waals surface area contributed by atoms with E-state index in [9.17, 15) is 4.79 Å². The molecule has 0 saturated carbocycles. The van der Waals surface area contributed by atoms with Gasteiger partial charge in [0.2, 0.25) is 0 Å². The van der Waals surface area contributed by atoms with Crippen molar-refractivity contribution >= 4 is 23.1 Å². The first kappa shape index (κ1) is 17.8. The van der Waals surface area contributed by atoms with Crippen molar-refractivity contribution in [1.82, 2.24) is 9.38 Å². The number of hydrogen-bond acceptors (Lipinski definition) is 5. The summed E-state index contributed by atoms with van der Waals surface area (Å²) >= 11 is 0. The first-order chi connectivity index (χ1) is 12.5. The maximum Gasteiger partial charge on any atom is 0.312 e. The number of imidazole rings is 1. The number of fused-ring (bicyclic) bond motifs is 1. The highest BCUT2D eigenvalue weighted by atomic mass is 16.5. The third-order valence-corrected chi connectivity index (χ3v) is 4.04. The van der Waals surface area contributed by atoms with E-state index in [0.29, 0.717) is 18.1 Å². The summed E-state index contributed by atoms with van der Waals surface area (Å²) in [6, 6.07) is 9.92. The van der Waals surface area contributed by atoms with E-state index in [2.05, 4.69) is 15.2 Å². The van der Waals surface area contributed by atoms with E-state index in [4.69, 9.17) is 4.74 Å². The number of hydrogen-bond donors (Lipinski definition) is 0. The van der Waals surface area contributed by atoms with E-state index in [1.165, 1.54) is 0 Å². The molecule has 2 heterocycles. The highest BCUT2D eigenvalue weighted by molar-refractivity contribution is 5.74. The number of ether oxygens (including phenoxy) is 1. The lowest BCUT2D eigenvalue weighted by Gasteiger charge is -2.02. The number of azo groups is 1. The quantitative estimate of drug-likeness (QED) is 0.491. The standard InChI is InChI=1S/C20H22N4O2/c1-5-26-19(25)11-17-20(24-12-14(3)7-9-18(24)21-17)23-22-16-10-13(2)6-8-15(16)4/h6-10,12H,5,11H2,1-4H3. The van der Waals surface area contributed by atoms with Crippen molar-refractivity contribution in [3.05, 3.63) is 58.9 Å². The number of carbonyl (C=O) groups is 1. The van der Waals surface area contributed by atoms with Gasteiger partial charge >= 0.3 is 5.97 Å². The first-order valence-corrected chi connectivity index (χ1v) is 8.60. The van der Waals surface area contributed by atoms with Gasteiger partial charge in [0.25, 0.3) is 0 Å². The van der Waals surface area contributed by atoms with Gasteiger partial charge in [0.15, 0.2) is 5.82 Å². The van der Waals surface area contributed by atoms with Gasteiger partial charge in [-0.3, -0.25) is 9.20 Å². The molecular formula is C20H22N4O2. The van der Waals surface area contributed by atoms with Gasteiger partial charge in [0.1, 0.15) is 5.65 Å². The third kappa shape index (κ3) is 3.79. The second-order valence-corrected chi connectivity index (χ2v) is 6.29. The molecule has 0 saturated heterocycles. The van der Waals surface area contributed by atoms with Crippen LogP contribution in [0.3, 0.4) is 0 Å². The van der Waals surface area contributed by atoms with Gasteiger partial charge in [0, 0.05) is 6.20 Å². The molecule has 3 aromatic rings. The highest BCUT2D eigenvalue weighted by Crippen LogP contribution is 2.27. The van der Waals surface area contributed by atoms with Crippen molar-refractivity contribution in [2.75, 3.05) is 6.61 Å². The molecular weight excluding hydrogens is 328 g/mol. The molecule has 6 nitrogen and oxygen atoms in total. The average molecular weight is 350 g/mol. The van der Waals surface area contributed by atoms with Crippen LogP contribution in [0.5, 0.6) is 0 Å². The summed E-state index contributed by atoms with van der Waals surface area (Å²) in [6.45, 7) is 8.13. The predicted octanol–water partition coefficient (Wildman–Crippen LogP) is 4.78. The van der Waals surface area contributed by atoms with E-state index in [0.717, 1.165) is 28.0 Å². The van der Waals surface area contributed by atoms with Crippen LogP contribution < -0.4 is 0 Å². The van der Waals surface area contributed by atoms with Gasteiger partial charge in [-0.15, -0.1) is 10.2 Å². The van der Waals surface area contributed by atoms with Crippen LogP contribution >= 0.6 is 0 Å². The lowest BCUT2D eigenvalue weighted by molar-refractivity contribution is -0.142. The smallest absolute Gasteiger partial charge is 0.312 e. The molecule has 134 valence electrons. The SMILES string of the molecule is CCOC(=O)Cc1nc2ccc(C)cn2c1N=Nc1cc(C)ccc1C. The van der Waals surface area contributed by atoms with Crippen LogP contribution in [0, 0.1) is 20.8 Å². The van der Waals surface area contributed by atoms with Gasteiger partial charge < -0.3 is 4.74 Å². The number of carbonyl (C=O) groups excluding carboxylic acids is 1. The predicted molar refractivity (Wildman–Crippen MR) is 100 cm³/mol. The molecule has 0 aliphatic carbocycles. The maximum absolute atomic E-state index is 11.9. The van der Waals surface area contributed by atoms with Crippen LogP contribution in [0.1, 0.15) is 29.3 Å². The number of pyridine rings is 1. The van der Waals surface area contributed by atoms with E-state index in [-0.39, 0.29) is 12.4 Å².